The Hall–Kier alpha value is -3.96. The molecule has 1 aliphatic carbocycles. The first-order valence-corrected chi connectivity index (χ1v) is 11.5. The van der Waals surface area contributed by atoms with Gasteiger partial charge in [-0.2, -0.15) is 0 Å². The van der Waals surface area contributed by atoms with Gasteiger partial charge in [-0.15, -0.1) is 13.2 Å². The molecule has 5 rings (SSSR count). The van der Waals surface area contributed by atoms with E-state index in [9.17, 15) is 18.0 Å². The number of hydrogen-bond acceptors (Lipinski definition) is 8. The maximum Gasteiger partial charge on any atom is 0.573 e. The van der Waals surface area contributed by atoms with Gasteiger partial charge in [0.25, 0.3) is 0 Å². The first-order valence-electron chi connectivity index (χ1n) is 11.5. The van der Waals surface area contributed by atoms with Gasteiger partial charge in [0.1, 0.15) is 23.2 Å². The fourth-order valence-corrected chi connectivity index (χ4v) is 4.84. The Morgan fingerprint density at radius 1 is 1.17 bits per heavy atom. The van der Waals surface area contributed by atoms with Crippen molar-refractivity contribution in [1.82, 2.24) is 25.3 Å². The van der Waals surface area contributed by atoms with Crippen LogP contribution in [0, 0.1) is 5.41 Å². The minimum Gasteiger partial charge on any atom is -0.406 e. The normalized spacial score (nSPS) is 21.2. The summed E-state index contributed by atoms with van der Waals surface area (Å²) in [5.41, 5.74) is 0.696. The van der Waals surface area contributed by atoms with Gasteiger partial charge in [-0.3, -0.25) is 9.78 Å². The number of carbonyl (C=O) groups excluding carboxylic acids is 1. The van der Waals surface area contributed by atoms with Crippen LogP contribution in [0.4, 0.5) is 30.6 Å². The molecule has 1 saturated carbocycles. The summed E-state index contributed by atoms with van der Waals surface area (Å²) in [6.45, 7) is 3.02. The first-order chi connectivity index (χ1) is 17.2. The number of nitrogens with zero attached hydrogens (tertiary/aromatic N) is 5. The standard InChI is InChI=1S/C24H24F3N7O2/c1-15(35)30-18-4-6-23(18)7-10-34(14-23)21-12-20(32-22(33-21)16-3-2-8-28-13-16)31-19-11-17(5-9-29-19)36-24(25,26)27/h2-3,5,8-9,11-13,18H,4,6-7,10,14H2,1H3,(H,30,35)(H,29,31,32,33). The smallest absolute Gasteiger partial charge is 0.406 e. The van der Waals surface area contributed by atoms with Crippen LogP contribution >= 0.6 is 0 Å². The van der Waals surface area contributed by atoms with E-state index in [0.29, 0.717) is 23.0 Å². The van der Waals surface area contributed by atoms with E-state index in [2.05, 4.69) is 35.2 Å². The SMILES string of the molecule is CC(=O)NC1CCC12CCN(c1cc(Nc3cc(OC(F)(F)F)ccn3)nc(-c3cccnc3)n1)C2. The third kappa shape index (κ3) is 5.16. The molecule has 2 N–H and O–H groups in total. The van der Waals surface area contributed by atoms with Gasteiger partial charge in [0.15, 0.2) is 5.82 Å². The fourth-order valence-electron chi connectivity index (χ4n) is 4.84. The molecule has 0 aromatic carbocycles. The van der Waals surface area contributed by atoms with Crippen molar-refractivity contribution >= 4 is 23.4 Å². The zero-order valence-corrected chi connectivity index (χ0v) is 19.4. The van der Waals surface area contributed by atoms with Crippen LogP contribution in [0.5, 0.6) is 5.75 Å². The molecule has 12 heteroatoms. The van der Waals surface area contributed by atoms with Crippen LogP contribution in [0.1, 0.15) is 26.2 Å². The minimum atomic E-state index is -4.81. The number of pyridine rings is 2. The van der Waals surface area contributed by atoms with Crippen LogP contribution in [0.2, 0.25) is 0 Å². The maximum atomic E-state index is 12.6. The monoisotopic (exact) mass is 499 g/mol. The largest absolute Gasteiger partial charge is 0.573 e. The molecule has 2 atom stereocenters. The zero-order valence-electron chi connectivity index (χ0n) is 19.4. The molecule has 2 aliphatic rings. The lowest BCUT2D eigenvalue weighted by Gasteiger charge is -2.47. The summed E-state index contributed by atoms with van der Waals surface area (Å²) >= 11 is 0. The highest BCUT2D eigenvalue weighted by Crippen LogP contribution is 2.49. The van der Waals surface area contributed by atoms with Crippen molar-refractivity contribution in [1.29, 1.82) is 0 Å². The topological polar surface area (TPSA) is 105 Å². The zero-order chi connectivity index (χ0) is 25.3. The minimum absolute atomic E-state index is 0.00347. The summed E-state index contributed by atoms with van der Waals surface area (Å²) in [7, 11) is 0. The first kappa shape index (κ1) is 23.8. The second-order valence-electron chi connectivity index (χ2n) is 9.05. The van der Waals surface area contributed by atoms with Gasteiger partial charge < -0.3 is 20.3 Å². The fraction of sp³-hybridized carbons (Fsp3) is 0.375. The van der Waals surface area contributed by atoms with Crippen molar-refractivity contribution in [2.75, 3.05) is 23.3 Å². The van der Waals surface area contributed by atoms with E-state index >= 15 is 0 Å². The lowest BCUT2D eigenvalue weighted by molar-refractivity contribution is -0.274. The number of nitrogens with one attached hydrogen (secondary N) is 2. The predicted octanol–water partition coefficient (Wildman–Crippen LogP) is 4.07. The molecule has 3 aromatic rings. The molecule has 0 radical (unpaired) electrons. The van der Waals surface area contributed by atoms with Gasteiger partial charge in [0, 0.05) is 67.8 Å². The number of anilines is 3. The van der Waals surface area contributed by atoms with Crippen molar-refractivity contribution in [3.8, 4) is 17.1 Å². The maximum absolute atomic E-state index is 12.6. The highest BCUT2D eigenvalue weighted by atomic mass is 19.4. The molecule has 4 heterocycles. The van der Waals surface area contributed by atoms with Gasteiger partial charge in [0.2, 0.25) is 5.91 Å². The van der Waals surface area contributed by atoms with E-state index in [0.717, 1.165) is 44.5 Å². The number of aromatic nitrogens is 4. The van der Waals surface area contributed by atoms with Crippen molar-refractivity contribution < 1.29 is 22.7 Å². The third-order valence-corrected chi connectivity index (χ3v) is 6.61. The van der Waals surface area contributed by atoms with E-state index < -0.39 is 12.1 Å². The molecule has 0 bridgehead atoms. The Morgan fingerprint density at radius 2 is 2.03 bits per heavy atom. The number of amides is 1. The van der Waals surface area contributed by atoms with Crippen LogP contribution in [0.25, 0.3) is 11.4 Å². The Bertz CT molecular complexity index is 1260. The quantitative estimate of drug-likeness (QED) is 0.523. The molecule has 3 aromatic heterocycles. The van der Waals surface area contributed by atoms with Crippen molar-refractivity contribution in [2.24, 2.45) is 5.41 Å². The second-order valence-corrected chi connectivity index (χ2v) is 9.05. The molecule has 1 aliphatic heterocycles. The van der Waals surface area contributed by atoms with Crippen LogP contribution in [0.15, 0.2) is 48.9 Å². The number of ether oxygens (including phenoxy) is 1. The van der Waals surface area contributed by atoms with E-state index in [4.69, 9.17) is 4.98 Å². The molecule has 188 valence electrons. The summed E-state index contributed by atoms with van der Waals surface area (Å²) < 4.78 is 41.9. The number of rotatable bonds is 6. The Labute approximate surface area is 205 Å². The molecule has 2 unspecified atom stereocenters. The molecule has 1 amide bonds. The summed E-state index contributed by atoms with van der Waals surface area (Å²) in [4.78, 5) is 31.3. The summed E-state index contributed by atoms with van der Waals surface area (Å²) in [5, 5.41) is 6.04. The second kappa shape index (κ2) is 9.25. The number of halogens is 3. The van der Waals surface area contributed by atoms with Crippen LogP contribution in [-0.4, -0.2) is 51.3 Å². The summed E-state index contributed by atoms with van der Waals surface area (Å²) in [6, 6.07) is 7.75. The van der Waals surface area contributed by atoms with E-state index in [1.54, 1.807) is 24.5 Å². The Kier molecular flexibility index (Phi) is 6.10. The van der Waals surface area contributed by atoms with E-state index in [1.165, 1.54) is 13.1 Å². The number of alkyl halides is 3. The third-order valence-electron chi connectivity index (χ3n) is 6.61. The average Bonchev–Trinajstić information content (AvgIpc) is 3.30. The number of hydrogen-bond donors (Lipinski definition) is 2. The lowest BCUT2D eigenvalue weighted by Crippen LogP contribution is -2.56. The van der Waals surface area contributed by atoms with E-state index in [-0.39, 0.29) is 23.2 Å². The van der Waals surface area contributed by atoms with Crippen LogP contribution in [0.3, 0.4) is 0 Å². The van der Waals surface area contributed by atoms with Gasteiger partial charge >= 0.3 is 6.36 Å². The molecular formula is C24H24F3N7O2. The van der Waals surface area contributed by atoms with Gasteiger partial charge in [-0.05, 0) is 37.5 Å². The van der Waals surface area contributed by atoms with Gasteiger partial charge in [0.05, 0.1) is 0 Å². The summed E-state index contributed by atoms with van der Waals surface area (Å²) in [6.07, 6.45) is 2.59. The molecule has 1 saturated heterocycles. The van der Waals surface area contributed by atoms with Crippen LogP contribution < -0.4 is 20.3 Å². The van der Waals surface area contributed by atoms with Gasteiger partial charge in [-0.25, -0.2) is 15.0 Å². The molecule has 36 heavy (non-hydrogen) atoms. The Morgan fingerprint density at radius 3 is 2.72 bits per heavy atom. The average molecular weight is 499 g/mol. The van der Waals surface area contributed by atoms with Gasteiger partial charge in [-0.1, -0.05) is 0 Å². The Balaban J connectivity index is 1.43. The molecule has 2 fully saturated rings. The van der Waals surface area contributed by atoms with Crippen molar-refractivity contribution in [3.63, 3.8) is 0 Å². The van der Waals surface area contributed by atoms with E-state index in [1.807, 2.05) is 6.07 Å². The molecule has 9 nitrogen and oxygen atoms in total. The van der Waals surface area contributed by atoms with Crippen LogP contribution in [-0.2, 0) is 4.79 Å². The van der Waals surface area contributed by atoms with Crippen molar-refractivity contribution in [2.45, 2.75) is 38.6 Å². The molecular weight excluding hydrogens is 475 g/mol. The van der Waals surface area contributed by atoms with Crippen molar-refractivity contribution in [3.05, 3.63) is 48.9 Å². The predicted molar refractivity (Wildman–Crippen MR) is 126 cm³/mol. The lowest BCUT2D eigenvalue weighted by atomic mass is 9.64. The number of carbonyl (C=O) groups is 1. The molecule has 1 spiro atoms. The summed E-state index contributed by atoms with van der Waals surface area (Å²) in [5.74, 6) is 1.16. The highest BCUT2D eigenvalue weighted by Gasteiger charge is 2.51. The highest BCUT2D eigenvalue weighted by molar-refractivity contribution is 5.73.